The number of allylic oxidation sites excluding steroid dienone is 1. The molecule has 0 aromatic rings. The fraction of sp³-hybridized carbons (Fsp3) is 0.667. The minimum atomic E-state index is 0.216. The quantitative estimate of drug-likeness (QED) is 0.157. The van der Waals surface area contributed by atoms with E-state index in [1.165, 1.54) is 32.1 Å². The average molecular weight is 222 g/mol. The van der Waals surface area contributed by atoms with Gasteiger partial charge in [0.1, 0.15) is 0 Å². The van der Waals surface area contributed by atoms with Gasteiger partial charge in [-0.05, 0) is 19.3 Å². The summed E-state index contributed by atoms with van der Waals surface area (Å²) in [6.07, 6.45) is 12.1. The highest BCUT2D eigenvalue weighted by molar-refractivity contribution is 5.79. The van der Waals surface area contributed by atoms with Crippen LogP contribution in [0.4, 0.5) is 0 Å². The molecule has 0 unspecified atom stereocenters. The molecule has 0 aliphatic rings. The van der Waals surface area contributed by atoms with Crippen LogP contribution < -0.4 is 11.1 Å². The number of unbranched alkanes of at least 4 members (excludes halogenated alkanes) is 6. The molecule has 0 aliphatic heterocycles. The van der Waals surface area contributed by atoms with E-state index < -0.39 is 0 Å². The molecule has 16 heavy (non-hydrogen) atoms. The van der Waals surface area contributed by atoms with E-state index in [0.29, 0.717) is 6.54 Å². The van der Waals surface area contributed by atoms with Crippen LogP contribution in [0.25, 0.3) is 0 Å². The Morgan fingerprint density at radius 1 is 1.25 bits per heavy atom. The summed E-state index contributed by atoms with van der Waals surface area (Å²) in [6, 6.07) is 0. The van der Waals surface area contributed by atoms with Crippen LogP contribution in [0.3, 0.4) is 0 Å². The second-order valence-electron chi connectivity index (χ2n) is 3.70. The lowest BCUT2D eigenvalue weighted by Crippen LogP contribution is -2.27. The van der Waals surface area contributed by atoms with Gasteiger partial charge in [-0.2, -0.15) is 5.26 Å². The summed E-state index contributed by atoms with van der Waals surface area (Å²) in [5.74, 6) is 0.216. The molecule has 0 amide bonds. The topological polar surface area (TPSA) is 74.2 Å². The number of nitriles is 1. The highest BCUT2D eigenvalue weighted by Crippen LogP contribution is 2.07. The second kappa shape index (κ2) is 11.6. The number of nitrogens with zero attached hydrogens (tertiary/aromatic N) is 2. The molecule has 4 nitrogen and oxygen atoms in total. The molecular formula is C12H22N4. The maximum Gasteiger partial charge on any atom is 0.202 e. The number of rotatable bonds is 9. The lowest BCUT2D eigenvalue weighted by Gasteiger charge is -2.00. The Labute approximate surface area is 98.2 Å². The summed E-state index contributed by atoms with van der Waals surface area (Å²) in [4.78, 5) is 4.01. The Morgan fingerprint density at radius 2 is 1.88 bits per heavy atom. The third kappa shape index (κ3) is 10.6. The van der Waals surface area contributed by atoms with Gasteiger partial charge in [0.25, 0.3) is 0 Å². The van der Waals surface area contributed by atoms with Gasteiger partial charge >= 0.3 is 0 Å². The minimum absolute atomic E-state index is 0.216. The van der Waals surface area contributed by atoms with E-state index in [9.17, 15) is 0 Å². The predicted molar refractivity (Wildman–Crippen MR) is 67.8 cm³/mol. The van der Waals surface area contributed by atoms with Crippen molar-refractivity contribution in [3.8, 4) is 6.19 Å². The average Bonchev–Trinajstić information content (AvgIpc) is 2.27. The predicted octanol–water partition coefficient (Wildman–Crippen LogP) is 2.29. The van der Waals surface area contributed by atoms with Gasteiger partial charge in [0, 0.05) is 6.54 Å². The third-order valence-corrected chi connectivity index (χ3v) is 2.28. The number of nitrogens with one attached hydrogen (secondary N) is 1. The van der Waals surface area contributed by atoms with Crippen LogP contribution in [-0.2, 0) is 0 Å². The summed E-state index contributed by atoms with van der Waals surface area (Å²) >= 11 is 0. The molecule has 0 aromatic carbocycles. The van der Waals surface area contributed by atoms with Crippen molar-refractivity contribution in [1.82, 2.24) is 5.32 Å². The van der Waals surface area contributed by atoms with Gasteiger partial charge in [-0.1, -0.05) is 31.8 Å². The van der Waals surface area contributed by atoms with Crippen LogP contribution in [0.1, 0.15) is 44.9 Å². The van der Waals surface area contributed by atoms with Crippen molar-refractivity contribution >= 4 is 5.96 Å². The Bertz CT molecular complexity index is 240. The van der Waals surface area contributed by atoms with Gasteiger partial charge in [0.15, 0.2) is 6.19 Å². The summed E-state index contributed by atoms with van der Waals surface area (Å²) in [5.41, 5.74) is 5.39. The fourth-order valence-corrected chi connectivity index (χ4v) is 1.40. The number of hydrogen-bond donors (Lipinski definition) is 2. The van der Waals surface area contributed by atoms with Crippen molar-refractivity contribution in [2.45, 2.75) is 44.9 Å². The normalized spacial score (nSPS) is 10.8. The molecule has 0 saturated carbocycles. The van der Waals surface area contributed by atoms with Crippen LogP contribution in [0.15, 0.2) is 17.6 Å². The Hall–Kier alpha value is -1.50. The first-order valence-corrected chi connectivity index (χ1v) is 5.87. The monoisotopic (exact) mass is 222 g/mol. The van der Waals surface area contributed by atoms with E-state index in [2.05, 4.69) is 16.9 Å². The van der Waals surface area contributed by atoms with E-state index in [4.69, 9.17) is 11.0 Å². The molecular weight excluding hydrogens is 200 g/mol. The molecule has 0 rings (SSSR count). The third-order valence-electron chi connectivity index (χ3n) is 2.28. The SMILES string of the molecule is C=CCCCCCCCCN=C(N)NC#N. The molecule has 90 valence electrons. The van der Waals surface area contributed by atoms with Crippen molar-refractivity contribution in [2.24, 2.45) is 10.7 Å². The van der Waals surface area contributed by atoms with E-state index in [-0.39, 0.29) is 5.96 Å². The molecule has 0 fully saturated rings. The zero-order chi connectivity index (χ0) is 12.1. The number of hydrogen-bond acceptors (Lipinski definition) is 2. The van der Waals surface area contributed by atoms with Crippen molar-refractivity contribution in [2.75, 3.05) is 6.54 Å². The molecule has 0 aliphatic carbocycles. The van der Waals surface area contributed by atoms with Crippen molar-refractivity contribution < 1.29 is 0 Å². The molecule has 0 aromatic heterocycles. The van der Waals surface area contributed by atoms with Gasteiger partial charge in [0.05, 0.1) is 0 Å². The number of aliphatic imine (C=N–C) groups is 1. The van der Waals surface area contributed by atoms with Crippen LogP contribution in [0.2, 0.25) is 0 Å². The number of guanidine groups is 1. The highest BCUT2D eigenvalue weighted by atomic mass is 15.1. The first kappa shape index (κ1) is 14.5. The molecule has 3 N–H and O–H groups in total. The van der Waals surface area contributed by atoms with Crippen LogP contribution >= 0.6 is 0 Å². The van der Waals surface area contributed by atoms with Gasteiger partial charge in [-0.15, -0.1) is 6.58 Å². The van der Waals surface area contributed by atoms with Crippen molar-refractivity contribution in [3.05, 3.63) is 12.7 Å². The van der Waals surface area contributed by atoms with Gasteiger partial charge in [0.2, 0.25) is 5.96 Å². The summed E-state index contributed by atoms with van der Waals surface area (Å²) in [6.45, 7) is 4.40. The molecule has 0 bridgehead atoms. The Balaban J connectivity index is 3.18. The maximum atomic E-state index is 8.25. The highest BCUT2D eigenvalue weighted by Gasteiger charge is 1.91. The summed E-state index contributed by atoms with van der Waals surface area (Å²) < 4.78 is 0. The van der Waals surface area contributed by atoms with E-state index in [1.54, 1.807) is 6.19 Å². The standard InChI is InChI=1S/C12H22N4/c1-2-3-4-5-6-7-8-9-10-15-12(14)16-11-13/h2H,1,3-10H2,(H3,14,15,16). The van der Waals surface area contributed by atoms with Crippen LogP contribution in [0.5, 0.6) is 0 Å². The largest absolute Gasteiger partial charge is 0.369 e. The Morgan fingerprint density at radius 3 is 2.50 bits per heavy atom. The number of nitrogens with two attached hydrogens (primary N) is 1. The zero-order valence-electron chi connectivity index (χ0n) is 9.91. The second-order valence-corrected chi connectivity index (χ2v) is 3.70. The van der Waals surface area contributed by atoms with E-state index in [0.717, 1.165) is 12.8 Å². The van der Waals surface area contributed by atoms with Crippen LogP contribution in [0, 0.1) is 11.5 Å². The van der Waals surface area contributed by atoms with Crippen LogP contribution in [-0.4, -0.2) is 12.5 Å². The zero-order valence-corrected chi connectivity index (χ0v) is 9.91. The lowest BCUT2D eigenvalue weighted by molar-refractivity contribution is 0.601. The lowest BCUT2D eigenvalue weighted by atomic mass is 10.1. The fourth-order valence-electron chi connectivity index (χ4n) is 1.40. The molecule has 0 heterocycles. The molecule has 0 spiro atoms. The van der Waals surface area contributed by atoms with E-state index >= 15 is 0 Å². The van der Waals surface area contributed by atoms with E-state index in [1.807, 2.05) is 6.08 Å². The molecule has 0 atom stereocenters. The van der Waals surface area contributed by atoms with Crippen molar-refractivity contribution in [1.29, 1.82) is 5.26 Å². The smallest absolute Gasteiger partial charge is 0.202 e. The Kier molecular flexibility index (Phi) is 10.5. The first-order valence-electron chi connectivity index (χ1n) is 5.87. The molecule has 4 heteroatoms. The first-order chi connectivity index (χ1) is 7.81. The molecule has 0 radical (unpaired) electrons. The van der Waals surface area contributed by atoms with Crippen molar-refractivity contribution in [3.63, 3.8) is 0 Å². The minimum Gasteiger partial charge on any atom is -0.369 e. The summed E-state index contributed by atoms with van der Waals surface area (Å²) in [5, 5.41) is 10.5. The van der Waals surface area contributed by atoms with Gasteiger partial charge < -0.3 is 5.73 Å². The van der Waals surface area contributed by atoms with Gasteiger partial charge in [-0.3, -0.25) is 10.3 Å². The maximum absolute atomic E-state index is 8.25. The van der Waals surface area contributed by atoms with Gasteiger partial charge in [-0.25, -0.2) is 0 Å². The summed E-state index contributed by atoms with van der Waals surface area (Å²) in [7, 11) is 0. The molecule has 0 saturated heterocycles.